The molecule has 0 aliphatic carbocycles. The molecule has 1 aliphatic rings. The Morgan fingerprint density at radius 3 is 2.28 bits per heavy atom. The zero-order valence-electron chi connectivity index (χ0n) is 20.1. The van der Waals surface area contributed by atoms with E-state index in [9.17, 15) is 9.18 Å². The first-order valence-electron chi connectivity index (χ1n) is 12.0. The summed E-state index contributed by atoms with van der Waals surface area (Å²) in [5, 5.41) is 10.8. The van der Waals surface area contributed by atoms with Gasteiger partial charge in [-0.15, -0.1) is 5.10 Å². The van der Waals surface area contributed by atoms with Crippen LogP contribution in [0.3, 0.4) is 0 Å². The Kier molecular flexibility index (Phi) is 7.04. The number of hydrogen-bond acceptors (Lipinski definition) is 5. The van der Waals surface area contributed by atoms with Crippen molar-refractivity contribution < 1.29 is 13.9 Å². The molecule has 0 atom stereocenters. The lowest BCUT2D eigenvalue weighted by molar-refractivity contribution is 0.102. The van der Waals surface area contributed by atoms with E-state index in [1.54, 1.807) is 23.0 Å². The number of amides is 1. The third kappa shape index (κ3) is 5.95. The summed E-state index contributed by atoms with van der Waals surface area (Å²) in [5.74, 6) is 0.255. The van der Waals surface area contributed by atoms with E-state index in [-0.39, 0.29) is 23.5 Å². The molecule has 1 fully saturated rings. The van der Waals surface area contributed by atoms with Crippen LogP contribution in [0.5, 0.6) is 5.75 Å². The Bertz CT molecular complexity index is 1300. The summed E-state index contributed by atoms with van der Waals surface area (Å²) in [5.41, 5.74) is 3.86. The van der Waals surface area contributed by atoms with Crippen LogP contribution in [0.15, 0.2) is 79.0 Å². The number of carbonyl (C=O) groups is 1. The summed E-state index contributed by atoms with van der Waals surface area (Å²) >= 11 is 0. The lowest BCUT2D eigenvalue weighted by Crippen LogP contribution is -2.35. The number of aromatic nitrogens is 3. The minimum absolute atomic E-state index is 0.210. The summed E-state index contributed by atoms with van der Waals surface area (Å²) in [6.45, 7) is 2.54. The number of likely N-dealkylation sites (tertiary alicyclic amines) is 1. The molecule has 36 heavy (non-hydrogen) atoms. The Balaban J connectivity index is 1.16. The average molecular weight is 486 g/mol. The molecule has 0 saturated carbocycles. The van der Waals surface area contributed by atoms with Crippen LogP contribution >= 0.6 is 0 Å². The summed E-state index contributed by atoms with van der Waals surface area (Å²) in [6.07, 6.45) is 3.95. The first kappa shape index (κ1) is 23.7. The molecule has 2 heterocycles. The largest absolute Gasteiger partial charge is 0.490 e. The molecular weight excluding hydrogens is 457 g/mol. The second-order valence-electron chi connectivity index (χ2n) is 9.10. The maximum atomic E-state index is 13.1. The van der Waals surface area contributed by atoms with Gasteiger partial charge >= 0.3 is 0 Å². The van der Waals surface area contributed by atoms with Gasteiger partial charge in [-0.05, 0) is 73.0 Å². The van der Waals surface area contributed by atoms with E-state index < -0.39 is 0 Å². The number of halogens is 1. The van der Waals surface area contributed by atoms with Crippen molar-refractivity contribution in [3.8, 4) is 16.9 Å². The van der Waals surface area contributed by atoms with Crippen molar-refractivity contribution in [2.45, 2.75) is 25.5 Å². The highest BCUT2D eigenvalue weighted by atomic mass is 19.1. The van der Waals surface area contributed by atoms with Gasteiger partial charge in [0.1, 0.15) is 17.7 Å². The van der Waals surface area contributed by atoms with Crippen LogP contribution in [0.1, 0.15) is 28.9 Å². The molecule has 7 nitrogen and oxygen atoms in total. The molecule has 0 radical (unpaired) electrons. The van der Waals surface area contributed by atoms with Crippen molar-refractivity contribution in [3.05, 3.63) is 96.1 Å². The maximum Gasteiger partial charge on any atom is 0.277 e. The molecule has 5 rings (SSSR count). The van der Waals surface area contributed by atoms with Gasteiger partial charge in [-0.1, -0.05) is 41.6 Å². The molecule has 0 bridgehead atoms. The predicted molar refractivity (Wildman–Crippen MR) is 137 cm³/mol. The van der Waals surface area contributed by atoms with Gasteiger partial charge in [-0.25, -0.2) is 9.07 Å². The second kappa shape index (κ2) is 10.7. The molecule has 1 saturated heterocycles. The molecule has 0 spiro atoms. The van der Waals surface area contributed by atoms with Gasteiger partial charge in [-0.3, -0.25) is 4.79 Å². The van der Waals surface area contributed by atoms with Crippen LogP contribution < -0.4 is 10.1 Å². The molecular formula is C28H28FN5O2. The first-order chi connectivity index (χ1) is 17.5. The normalized spacial score (nSPS) is 14.5. The number of nitrogens with one attached hydrogen (secondary N) is 1. The standard InChI is InChI=1S/C28H28FN5O2/c1-33-16-14-26(15-17-33)36-25-12-6-22(7-13-25)21-4-10-24(11-5-21)30-28(35)27-19-34(32-31-27)18-20-2-8-23(29)9-3-20/h2-13,19,26H,14-18H2,1H3,(H,30,35). The van der Waals surface area contributed by atoms with E-state index in [0.717, 1.165) is 48.4 Å². The fourth-order valence-electron chi connectivity index (χ4n) is 4.22. The number of rotatable bonds is 7. The minimum Gasteiger partial charge on any atom is -0.490 e. The highest BCUT2D eigenvalue weighted by Gasteiger charge is 2.18. The molecule has 3 aromatic carbocycles. The number of hydrogen-bond donors (Lipinski definition) is 1. The topological polar surface area (TPSA) is 72.3 Å². The van der Waals surface area contributed by atoms with Crippen molar-refractivity contribution in [2.75, 3.05) is 25.5 Å². The van der Waals surface area contributed by atoms with E-state index in [4.69, 9.17) is 4.74 Å². The molecule has 0 unspecified atom stereocenters. The van der Waals surface area contributed by atoms with Gasteiger partial charge in [0.05, 0.1) is 12.7 Å². The summed E-state index contributed by atoms with van der Waals surface area (Å²) in [6, 6.07) is 21.9. The minimum atomic E-state index is -0.344. The lowest BCUT2D eigenvalue weighted by Gasteiger charge is -2.29. The van der Waals surface area contributed by atoms with Crippen LogP contribution in [-0.4, -0.2) is 52.0 Å². The zero-order valence-corrected chi connectivity index (χ0v) is 20.1. The van der Waals surface area contributed by atoms with Gasteiger partial charge in [0.25, 0.3) is 5.91 Å². The third-order valence-electron chi connectivity index (χ3n) is 6.33. The van der Waals surface area contributed by atoms with Crippen molar-refractivity contribution in [1.29, 1.82) is 0 Å². The van der Waals surface area contributed by atoms with Gasteiger partial charge < -0.3 is 15.0 Å². The number of benzene rings is 3. The average Bonchev–Trinajstić information content (AvgIpc) is 3.37. The fraction of sp³-hybridized carbons (Fsp3) is 0.250. The quantitative estimate of drug-likeness (QED) is 0.405. The monoisotopic (exact) mass is 485 g/mol. The van der Waals surface area contributed by atoms with E-state index in [1.165, 1.54) is 12.1 Å². The molecule has 4 aromatic rings. The molecule has 184 valence electrons. The summed E-state index contributed by atoms with van der Waals surface area (Å²) < 4.78 is 20.8. The van der Waals surface area contributed by atoms with Crippen LogP contribution in [0.25, 0.3) is 11.1 Å². The van der Waals surface area contributed by atoms with Crippen LogP contribution in [-0.2, 0) is 6.54 Å². The van der Waals surface area contributed by atoms with E-state index in [0.29, 0.717) is 12.2 Å². The van der Waals surface area contributed by atoms with E-state index >= 15 is 0 Å². The van der Waals surface area contributed by atoms with Crippen LogP contribution in [0.4, 0.5) is 10.1 Å². The Morgan fingerprint density at radius 2 is 1.61 bits per heavy atom. The van der Waals surface area contributed by atoms with Crippen molar-refractivity contribution in [3.63, 3.8) is 0 Å². The Hall–Kier alpha value is -4.04. The van der Waals surface area contributed by atoms with Crippen LogP contribution in [0, 0.1) is 5.82 Å². The zero-order chi connectivity index (χ0) is 24.9. The predicted octanol–water partition coefficient (Wildman–Crippen LogP) is 4.86. The maximum absolute atomic E-state index is 13.1. The van der Waals surface area contributed by atoms with E-state index in [2.05, 4.69) is 39.7 Å². The Labute approximate surface area is 209 Å². The number of piperidine rings is 1. The number of carbonyl (C=O) groups excluding carboxylic acids is 1. The van der Waals surface area contributed by atoms with Gasteiger partial charge in [0.15, 0.2) is 5.69 Å². The number of anilines is 1. The molecule has 1 N–H and O–H groups in total. The lowest BCUT2D eigenvalue weighted by atomic mass is 10.0. The number of nitrogens with zero attached hydrogens (tertiary/aromatic N) is 4. The number of ether oxygens (including phenoxy) is 1. The second-order valence-corrected chi connectivity index (χ2v) is 9.10. The highest BCUT2D eigenvalue weighted by Crippen LogP contribution is 2.26. The van der Waals surface area contributed by atoms with Crippen molar-refractivity contribution >= 4 is 11.6 Å². The fourth-order valence-corrected chi connectivity index (χ4v) is 4.22. The summed E-state index contributed by atoms with van der Waals surface area (Å²) in [4.78, 5) is 14.9. The molecule has 8 heteroatoms. The molecule has 1 amide bonds. The van der Waals surface area contributed by atoms with Gasteiger partial charge in [0, 0.05) is 18.8 Å². The van der Waals surface area contributed by atoms with Crippen molar-refractivity contribution in [1.82, 2.24) is 19.9 Å². The summed E-state index contributed by atoms with van der Waals surface area (Å²) in [7, 11) is 2.14. The highest BCUT2D eigenvalue weighted by molar-refractivity contribution is 6.02. The van der Waals surface area contributed by atoms with Crippen LogP contribution in [0.2, 0.25) is 0 Å². The van der Waals surface area contributed by atoms with Crippen molar-refractivity contribution in [2.24, 2.45) is 0 Å². The third-order valence-corrected chi connectivity index (χ3v) is 6.33. The smallest absolute Gasteiger partial charge is 0.277 e. The van der Waals surface area contributed by atoms with Gasteiger partial charge in [0.2, 0.25) is 0 Å². The Morgan fingerprint density at radius 1 is 0.972 bits per heavy atom. The SMILES string of the molecule is CN1CCC(Oc2ccc(-c3ccc(NC(=O)c4cn(Cc5ccc(F)cc5)nn4)cc3)cc2)CC1. The molecule has 1 aliphatic heterocycles. The van der Waals surface area contributed by atoms with E-state index in [1.807, 2.05) is 36.4 Å². The molecule has 1 aromatic heterocycles. The first-order valence-corrected chi connectivity index (χ1v) is 12.0. The van der Waals surface area contributed by atoms with Gasteiger partial charge in [-0.2, -0.15) is 0 Å².